The van der Waals surface area contributed by atoms with Gasteiger partial charge in [0, 0.05) is 5.56 Å². The number of nitrogens with zero attached hydrogens (tertiary/aromatic N) is 3. The van der Waals surface area contributed by atoms with Crippen LogP contribution in [0.1, 0.15) is 12.8 Å². The van der Waals surface area contributed by atoms with Gasteiger partial charge in [-0.1, -0.05) is 0 Å². The first-order valence-corrected chi connectivity index (χ1v) is 5.98. The molecule has 1 atom stereocenters. The smallest absolute Gasteiger partial charge is 0.320 e. The van der Waals surface area contributed by atoms with Crippen LogP contribution in [0.15, 0.2) is 28.7 Å². The second kappa shape index (κ2) is 5.79. The molecular formula is C13H14FN3O3. The summed E-state index contributed by atoms with van der Waals surface area (Å²) in [5.41, 5.74) is 0.610. The van der Waals surface area contributed by atoms with Crippen LogP contribution in [0.5, 0.6) is 0 Å². The third-order valence-corrected chi connectivity index (χ3v) is 2.96. The van der Waals surface area contributed by atoms with Gasteiger partial charge >= 0.3 is 5.97 Å². The van der Waals surface area contributed by atoms with Crippen molar-refractivity contribution in [2.24, 2.45) is 0 Å². The molecule has 6 nitrogen and oxygen atoms in total. The van der Waals surface area contributed by atoms with E-state index in [2.05, 4.69) is 10.2 Å². The van der Waals surface area contributed by atoms with Gasteiger partial charge < -0.3 is 9.52 Å². The number of aromatic nitrogens is 2. The Bertz CT molecular complexity index is 597. The molecule has 0 saturated carbocycles. The molecule has 20 heavy (non-hydrogen) atoms. The molecular weight excluding hydrogens is 265 g/mol. The van der Waals surface area contributed by atoms with Crippen LogP contribution >= 0.6 is 0 Å². The molecule has 0 spiro atoms. The molecule has 2 rings (SSSR count). The van der Waals surface area contributed by atoms with Gasteiger partial charge in [0.1, 0.15) is 11.9 Å². The van der Waals surface area contributed by atoms with Crippen LogP contribution in [0.25, 0.3) is 11.5 Å². The van der Waals surface area contributed by atoms with Crippen molar-refractivity contribution in [3.05, 3.63) is 36.0 Å². The maximum absolute atomic E-state index is 12.8. The lowest BCUT2D eigenvalue weighted by molar-refractivity contribution is -0.142. The Morgan fingerprint density at radius 2 is 2.05 bits per heavy atom. The number of halogens is 1. The second-order valence-corrected chi connectivity index (χ2v) is 4.44. The normalized spacial score (nSPS) is 12.6. The van der Waals surface area contributed by atoms with Crippen molar-refractivity contribution in [1.82, 2.24) is 15.1 Å². The lowest BCUT2D eigenvalue weighted by Crippen LogP contribution is -2.35. The minimum Gasteiger partial charge on any atom is -0.480 e. The molecule has 0 aliphatic carbocycles. The van der Waals surface area contributed by atoms with E-state index in [4.69, 9.17) is 9.52 Å². The van der Waals surface area contributed by atoms with Crippen molar-refractivity contribution >= 4 is 5.97 Å². The van der Waals surface area contributed by atoms with Crippen molar-refractivity contribution in [3.63, 3.8) is 0 Å². The van der Waals surface area contributed by atoms with Crippen LogP contribution in [-0.4, -0.2) is 39.3 Å². The standard InChI is InChI=1S/C13H14FN3O3/c1-8(13(18)19)17(2)7-11-15-16-12(20-11)9-3-5-10(14)6-4-9/h3-6,8H,7H2,1-2H3,(H,18,19). The first-order chi connectivity index (χ1) is 9.47. The number of likely N-dealkylation sites (N-methyl/N-ethyl adjacent to an activating group) is 1. The largest absolute Gasteiger partial charge is 0.480 e. The number of hydrogen-bond acceptors (Lipinski definition) is 5. The Balaban J connectivity index is 2.09. The first-order valence-electron chi connectivity index (χ1n) is 5.98. The number of carboxylic acids is 1. The molecule has 0 aliphatic heterocycles. The molecule has 0 radical (unpaired) electrons. The minimum atomic E-state index is -0.925. The fraction of sp³-hybridized carbons (Fsp3) is 0.308. The molecule has 0 amide bonds. The second-order valence-electron chi connectivity index (χ2n) is 4.44. The number of hydrogen-bond donors (Lipinski definition) is 1. The Morgan fingerprint density at radius 3 is 2.65 bits per heavy atom. The van der Waals surface area contributed by atoms with Gasteiger partial charge in [0.2, 0.25) is 11.8 Å². The summed E-state index contributed by atoms with van der Waals surface area (Å²) in [7, 11) is 1.65. The van der Waals surface area contributed by atoms with E-state index in [1.54, 1.807) is 18.9 Å². The molecule has 0 aliphatic rings. The molecule has 7 heteroatoms. The summed E-state index contributed by atoms with van der Waals surface area (Å²) in [6.45, 7) is 1.79. The zero-order valence-corrected chi connectivity index (χ0v) is 11.1. The van der Waals surface area contributed by atoms with Crippen molar-refractivity contribution in [3.8, 4) is 11.5 Å². The number of aliphatic carboxylic acids is 1. The lowest BCUT2D eigenvalue weighted by atomic mass is 10.2. The van der Waals surface area contributed by atoms with E-state index in [0.717, 1.165) is 0 Å². The highest BCUT2D eigenvalue weighted by Gasteiger charge is 2.19. The summed E-state index contributed by atoms with van der Waals surface area (Å²) < 4.78 is 18.2. The molecule has 1 aromatic carbocycles. The van der Waals surface area contributed by atoms with E-state index in [1.807, 2.05) is 0 Å². The number of carboxylic acid groups (broad SMARTS) is 1. The summed E-state index contributed by atoms with van der Waals surface area (Å²) in [5, 5.41) is 16.6. The van der Waals surface area contributed by atoms with Crippen LogP contribution < -0.4 is 0 Å². The average Bonchev–Trinajstić information content (AvgIpc) is 2.87. The predicted molar refractivity (Wildman–Crippen MR) is 68.3 cm³/mol. The zero-order chi connectivity index (χ0) is 14.7. The molecule has 106 valence electrons. The van der Waals surface area contributed by atoms with E-state index in [0.29, 0.717) is 11.5 Å². The average molecular weight is 279 g/mol. The lowest BCUT2D eigenvalue weighted by Gasteiger charge is -2.18. The van der Waals surface area contributed by atoms with E-state index in [1.165, 1.54) is 24.3 Å². The SMILES string of the molecule is CC(C(=O)O)N(C)Cc1nnc(-c2ccc(F)cc2)o1. The Morgan fingerprint density at radius 1 is 1.40 bits per heavy atom. The van der Waals surface area contributed by atoms with E-state index in [9.17, 15) is 9.18 Å². The summed E-state index contributed by atoms with van der Waals surface area (Å²) in [5.74, 6) is -0.689. The maximum Gasteiger partial charge on any atom is 0.320 e. The van der Waals surface area contributed by atoms with Gasteiger partial charge in [0.05, 0.1) is 6.54 Å². The van der Waals surface area contributed by atoms with E-state index in [-0.39, 0.29) is 18.3 Å². The van der Waals surface area contributed by atoms with Crippen molar-refractivity contribution in [2.45, 2.75) is 19.5 Å². The van der Waals surface area contributed by atoms with Crippen molar-refractivity contribution in [2.75, 3.05) is 7.05 Å². The summed E-state index contributed by atoms with van der Waals surface area (Å²) in [6, 6.07) is 5.03. The van der Waals surface area contributed by atoms with Gasteiger partial charge in [-0.3, -0.25) is 9.69 Å². The molecule has 1 aromatic heterocycles. The van der Waals surface area contributed by atoms with Crippen LogP contribution in [0.3, 0.4) is 0 Å². The van der Waals surface area contributed by atoms with Crippen molar-refractivity contribution in [1.29, 1.82) is 0 Å². The molecule has 2 aromatic rings. The van der Waals surface area contributed by atoms with E-state index < -0.39 is 12.0 Å². The number of benzene rings is 1. The predicted octanol–water partition coefficient (Wildman–Crippen LogP) is 1.78. The molecule has 1 unspecified atom stereocenters. The molecule has 0 fully saturated rings. The van der Waals surface area contributed by atoms with Crippen molar-refractivity contribution < 1.29 is 18.7 Å². The van der Waals surface area contributed by atoms with Crippen LogP contribution in [-0.2, 0) is 11.3 Å². The molecule has 1 heterocycles. The highest BCUT2D eigenvalue weighted by molar-refractivity contribution is 5.72. The van der Waals surface area contributed by atoms with Gasteiger partial charge in [-0.15, -0.1) is 10.2 Å². The molecule has 0 saturated heterocycles. The Labute approximate surface area is 114 Å². The van der Waals surface area contributed by atoms with Gasteiger partial charge in [0.15, 0.2) is 0 Å². The summed E-state index contributed by atoms with van der Waals surface area (Å²) >= 11 is 0. The van der Waals surface area contributed by atoms with Gasteiger partial charge in [-0.2, -0.15) is 0 Å². The highest BCUT2D eigenvalue weighted by Crippen LogP contribution is 2.18. The van der Waals surface area contributed by atoms with Crippen LogP contribution in [0.4, 0.5) is 4.39 Å². The number of rotatable bonds is 5. The Hall–Kier alpha value is -2.28. The molecule has 0 bridgehead atoms. The monoisotopic (exact) mass is 279 g/mol. The molecule has 1 N–H and O–H groups in total. The first kappa shape index (κ1) is 14.1. The fourth-order valence-corrected chi connectivity index (χ4v) is 1.57. The number of carbonyl (C=O) groups is 1. The van der Waals surface area contributed by atoms with Gasteiger partial charge in [-0.25, -0.2) is 4.39 Å². The van der Waals surface area contributed by atoms with Gasteiger partial charge in [0.25, 0.3) is 0 Å². The Kier molecular flexibility index (Phi) is 4.09. The highest BCUT2D eigenvalue weighted by atomic mass is 19.1. The summed E-state index contributed by atoms with van der Waals surface area (Å²) in [4.78, 5) is 12.4. The quantitative estimate of drug-likeness (QED) is 0.898. The minimum absolute atomic E-state index is 0.224. The third kappa shape index (κ3) is 3.18. The fourth-order valence-electron chi connectivity index (χ4n) is 1.57. The van der Waals surface area contributed by atoms with Gasteiger partial charge in [-0.05, 0) is 38.2 Å². The third-order valence-electron chi connectivity index (χ3n) is 2.96. The van der Waals surface area contributed by atoms with Crippen LogP contribution in [0, 0.1) is 5.82 Å². The zero-order valence-electron chi connectivity index (χ0n) is 11.1. The summed E-state index contributed by atoms with van der Waals surface area (Å²) in [6.07, 6.45) is 0. The van der Waals surface area contributed by atoms with Crippen LogP contribution in [0.2, 0.25) is 0 Å². The van der Waals surface area contributed by atoms with E-state index >= 15 is 0 Å². The topological polar surface area (TPSA) is 79.5 Å². The maximum atomic E-state index is 12.8.